The molecular weight excluding hydrogens is 311 g/mol. The molecule has 2 heterocycles. The molecule has 24 heavy (non-hydrogen) atoms. The number of aromatic nitrogens is 3. The van der Waals surface area contributed by atoms with E-state index in [0.717, 1.165) is 18.4 Å². The average molecular weight is 332 g/mol. The molecule has 1 aliphatic heterocycles. The third-order valence-electron chi connectivity index (χ3n) is 4.28. The summed E-state index contributed by atoms with van der Waals surface area (Å²) < 4.78 is 19.5. The Labute approximate surface area is 140 Å². The fraction of sp³-hybridized carbons (Fsp3) is 0.471. The van der Waals surface area contributed by atoms with E-state index in [4.69, 9.17) is 4.74 Å². The monoisotopic (exact) mass is 332 g/mol. The number of likely N-dealkylation sites (tertiary alicyclic amines) is 1. The van der Waals surface area contributed by atoms with Crippen LogP contribution in [0.3, 0.4) is 0 Å². The number of carbonyl (C=O) groups is 1. The van der Waals surface area contributed by atoms with Crippen LogP contribution >= 0.6 is 0 Å². The Morgan fingerprint density at radius 3 is 2.83 bits per heavy atom. The highest BCUT2D eigenvalue weighted by Crippen LogP contribution is 2.22. The quantitative estimate of drug-likeness (QED) is 0.838. The molecule has 1 aliphatic rings. The lowest BCUT2D eigenvalue weighted by molar-refractivity contribution is 0.0770. The van der Waals surface area contributed by atoms with Gasteiger partial charge in [0, 0.05) is 27.2 Å². The summed E-state index contributed by atoms with van der Waals surface area (Å²) in [7, 11) is 3.28. The van der Waals surface area contributed by atoms with Crippen molar-refractivity contribution in [3.63, 3.8) is 0 Å². The van der Waals surface area contributed by atoms with Gasteiger partial charge in [0.2, 0.25) is 5.82 Å². The predicted molar refractivity (Wildman–Crippen MR) is 85.8 cm³/mol. The number of rotatable bonds is 5. The van der Waals surface area contributed by atoms with E-state index in [0.29, 0.717) is 30.7 Å². The number of amides is 1. The minimum Gasteiger partial charge on any atom is -0.377 e. The van der Waals surface area contributed by atoms with Crippen LogP contribution in [0.5, 0.6) is 0 Å². The van der Waals surface area contributed by atoms with Crippen molar-refractivity contribution in [2.45, 2.75) is 19.4 Å². The van der Waals surface area contributed by atoms with Gasteiger partial charge in [0.15, 0.2) is 5.82 Å². The summed E-state index contributed by atoms with van der Waals surface area (Å²) in [6.07, 6.45) is 1.78. The molecule has 0 spiro atoms. The highest BCUT2D eigenvalue weighted by molar-refractivity contribution is 5.90. The van der Waals surface area contributed by atoms with Crippen molar-refractivity contribution in [2.24, 2.45) is 13.0 Å². The fourth-order valence-corrected chi connectivity index (χ4v) is 3.09. The molecule has 1 unspecified atom stereocenters. The molecule has 2 aromatic rings. The molecule has 0 bridgehead atoms. The van der Waals surface area contributed by atoms with Crippen LogP contribution in [0, 0.1) is 11.7 Å². The lowest BCUT2D eigenvalue weighted by Crippen LogP contribution is -2.31. The number of benzene rings is 1. The van der Waals surface area contributed by atoms with Gasteiger partial charge in [0.25, 0.3) is 5.91 Å². The lowest BCUT2D eigenvalue weighted by atomic mass is 9.99. The smallest absolute Gasteiger partial charge is 0.291 e. The highest BCUT2D eigenvalue weighted by Gasteiger charge is 2.29. The molecule has 0 N–H and O–H groups in total. The molecule has 0 radical (unpaired) electrons. The molecule has 1 amide bonds. The van der Waals surface area contributed by atoms with Gasteiger partial charge in [-0.25, -0.2) is 14.1 Å². The first kappa shape index (κ1) is 16.6. The zero-order chi connectivity index (χ0) is 17.1. The Balaban J connectivity index is 1.62. The van der Waals surface area contributed by atoms with E-state index in [2.05, 4.69) is 10.1 Å². The summed E-state index contributed by atoms with van der Waals surface area (Å²) in [5.41, 5.74) is 1.09. The van der Waals surface area contributed by atoms with E-state index in [1.54, 1.807) is 26.3 Å². The second-order valence-electron chi connectivity index (χ2n) is 6.14. The SMILES string of the molecule is COCc1nc(C(=O)N2CCC(Cc3ccc(F)cc3)C2)n(C)n1. The molecule has 128 valence electrons. The van der Waals surface area contributed by atoms with E-state index in [9.17, 15) is 9.18 Å². The Morgan fingerprint density at radius 2 is 2.12 bits per heavy atom. The van der Waals surface area contributed by atoms with Crippen LogP contribution in [0.1, 0.15) is 28.4 Å². The number of nitrogens with zero attached hydrogens (tertiary/aromatic N) is 4. The van der Waals surface area contributed by atoms with Gasteiger partial charge in [0.05, 0.1) is 0 Å². The van der Waals surface area contributed by atoms with Gasteiger partial charge in [-0.05, 0) is 36.5 Å². The van der Waals surface area contributed by atoms with Gasteiger partial charge in [0.1, 0.15) is 12.4 Å². The summed E-state index contributed by atoms with van der Waals surface area (Å²) >= 11 is 0. The zero-order valence-corrected chi connectivity index (χ0v) is 13.9. The average Bonchev–Trinajstić information content (AvgIpc) is 3.16. The summed E-state index contributed by atoms with van der Waals surface area (Å²) in [5.74, 6) is 0.894. The number of carbonyl (C=O) groups excluding carboxylic acids is 1. The maximum Gasteiger partial charge on any atom is 0.291 e. The number of aryl methyl sites for hydroxylation is 1. The second kappa shape index (κ2) is 7.09. The number of halogens is 1. The van der Waals surface area contributed by atoms with Crippen molar-refractivity contribution in [3.8, 4) is 0 Å². The minimum atomic E-state index is -0.226. The maximum atomic E-state index is 13.0. The summed E-state index contributed by atoms with van der Waals surface area (Å²) in [6.45, 7) is 1.67. The van der Waals surface area contributed by atoms with Crippen molar-refractivity contribution in [1.29, 1.82) is 0 Å². The molecule has 1 saturated heterocycles. The molecule has 1 atom stereocenters. The first-order valence-electron chi connectivity index (χ1n) is 7.99. The predicted octanol–water partition coefficient (Wildman–Crippen LogP) is 1.81. The Morgan fingerprint density at radius 1 is 1.38 bits per heavy atom. The van der Waals surface area contributed by atoms with Crippen LogP contribution in [0.25, 0.3) is 0 Å². The summed E-state index contributed by atoms with van der Waals surface area (Å²) in [6, 6.07) is 6.56. The van der Waals surface area contributed by atoms with Gasteiger partial charge >= 0.3 is 0 Å². The van der Waals surface area contributed by atoms with Crippen LogP contribution in [0.4, 0.5) is 4.39 Å². The third kappa shape index (κ3) is 3.62. The fourth-order valence-electron chi connectivity index (χ4n) is 3.09. The Bertz CT molecular complexity index is 714. The van der Waals surface area contributed by atoms with Crippen molar-refractivity contribution in [1.82, 2.24) is 19.7 Å². The Hall–Kier alpha value is -2.28. The van der Waals surface area contributed by atoms with Gasteiger partial charge in [-0.3, -0.25) is 4.79 Å². The second-order valence-corrected chi connectivity index (χ2v) is 6.14. The molecule has 0 saturated carbocycles. The number of hydrogen-bond donors (Lipinski definition) is 0. The molecule has 1 aromatic carbocycles. The highest BCUT2D eigenvalue weighted by atomic mass is 19.1. The first-order chi connectivity index (χ1) is 11.6. The molecule has 1 fully saturated rings. The van der Waals surface area contributed by atoms with Crippen LogP contribution < -0.4 is 0 Å². The van der Waals surface area contributed by atoms with Crippen molar-refractivity contribution >= 4 is 5.91 Å². The van der Waals surface area contributed by atoms with E-state index >= 15 is 0 Å². The maximum absolute atomic E-state index is 13.0. The molecule has 6 nitrogen and oxygen atoms in total. The van der Waals surface area contributed by atoms with Crippen LogP contribution in [0.15, 0.2) is 24.3 Å². The zero-order valence-electron chi connectivity index (χ0n) is 13.9. The first-order valence-corrected chi connectivity index (χ1v) is 7.99. The largest absolute Gasteiger partial charge is 0.377 e. The van der Waals surface area contributed by atoms with Crippen LogP contribution in [-0.2, 0) is 24.8 Å². The van der Waals surface area contributed by atoms with Crippen molar-refractivity contribution in [2.75, 3.05) is 20.2 Å². The molecule has 0 aliphatic carbocycles. The molecule has 7 heteroatoms. The number of methoxy groups -OCH3 is 1. The summed E-state index contributed by atoms with van der Waals surface area (Å²) in [5, 5.41) is 4.19. The number of ether oxygens (including phenoxy) is 1. The van der Waals surface area contributed by atoms with Crippen LogP contribution in [0.2, 0.25) is 0 Å². The third-order valence-corrected chi connectivity index (χ3v) is 4.28. The van der Waals surface area contributed by atoms with E-state index in [1.165, 1.54) is 16.8 Å². The van der Waals surface area contributed by atoms with Gasteiger partial charge in [-0.1, -0.05) is 12.1 Å². The lowest BCUT2D eigenvalue weighted by Gasteiger charge is -2.15. The number of hydrogen-bond acceptors (Lipinski definition) is 4. The van der Waals surface area contributed by atoms with Gasteiger partial charge in [-0.2, -0.15) is 5.10 Å². The standard InChI is InChI=1S/C17H21FN4O2/c1-21-16(19-15(20-21)11-24-2)17(23)22-8-7-13(10-22)9-12-3-5-14(18)6-4-12/h3-6,13H,7-11H2,1-2H3. The molecule has 1 aromatic heterocycles. The van der Waals surface area contributed by atoms with Crippen molar-refractivity contribution in [3.05, 3.63) is 47.3 Å². The van der Waals surface area contributed by atoms with E-state index in [1.807, 2.05) is 4.90 Å². The Kier molecular flexibility index (Phi) is 4.89. The molecular formula is C17H21FN4O2. The van der Waals surface area contributed by atoms with Crippen molar-refractivity contribution < 1.29 is 13.9 Å². The van der Waals surface area contributed by atoms with Crippen LogP contribution in [-0.4, -0.2) is 45.8 Å². The molecule has 3 rings (SSSR count). The van der Waals surface area contributed by atoms with E-state index < -0.39 is 0 Å². The normalized spacial score (nSPS) is 17.5. The minimum absolute atomic E-state index is 0.103. The van der Waals surface area contributed by atoms with E-state index in [-0.39, 0.29) is 18.3 Å². The van der Waals surface area contributed by atoms with Gasteiger partial charge < -0.3 is 9.64 Å². The summed E-state index contributed by atoms with van der Waals surface area (Å²) in [4.78, 5) is 18.7. The topological polar surface area (TPSA) is 60.2 Å². The van der Waals surface area contributed by atoms with Gasteiger partial charge in [-0.15, -0.1) is 0 Å².